The molecule has 13 nitrogen and oxygen atoms in total. The molecule has 4 rings (SSSR count). The number of amides is 1. The van der Waals surface area contributed by atoms with E-state index in [1.807, 2.05) is 58.1 Å². The number of hydrogen-bond donors (Lipinski definition) is 2. The third-order valence-electron chi connectivity index (χ3n) is 14.3. The maximum absolute atomic E-state index is 14.1. The Kier molecular flexibility index (Phi) is 20.8. The lowest BCUT2D eigenvalue weighted by molar-refractivity contribution is -0.265. The Hall–Kier alpha value is -3.33. The number of piperidine rings is 1. The normalized spacial score (nSPS) is 38.9. The van der Waals surface area contributed by atoms with E-state index in [4.69, 9.17) is 23.7 Å². The van der Waals surface area contributed by atoms with E-state index in [-0.39, 0.29) is 67.0 Å². The van der Waals surface area contributed by atoms with Crippen LogP contribution < -0.4 is 0 Å². The molecule has 64 heavy (non-hydrogen) atoms. The van der Waals surface area contributed by atoms with Crippen LogP contribution >= 0.6 is 0 Å². The van der Waals surface area contributed by atoms with Crippen LogP contribution in [-0.4, -0.2) is 121 Å². The van der Waals surface area contributed by atoms with Crippen LogP contribution in [0.2, 0.25) is 0 Å². The van der Waals surface area contributed by atoms with Gasteiger partial charge < -0.3 is 38.8 Å². The van der Waals surface area contributed by atoms with E-state index in [1.165, 1.54) is 12.0 Å². The molecule has 0 aromatic rings. The van der Waals surface area contributed by atoms with Crippen molar-refractivity contribution in [1.82, 2.24) is 4.90 Å². The lowest BCUT2D eigenvalue weighted by atomic mass is 9.78. The third-order valence-corrected chi connectivity index (χ3v) is 14.3. The first-order valence-corrected chi connectivity index (χ1v) is 23.8. The van der Waals surface area contributed by atoms with Gasteiger partial charge in [-0.1, -0.05) is 76.6 Å². The largest absolute Gasteiger partial charge is 0.461 e. The zero-order valence-corrected chi connectivity index (χ0v) is 40.3. The van der Waals surface area contributed by atoms with Gasteiger partial charge >= 0.3 is 5.97 Å². The Morgan fingerprint density at radius 2 is 1.58 bits per heavy atom. The van der Waals surface area contributed by atoms with Gasteiger partial charge in [-0.3, -0.25) is 24.0 Å². The van der Waals surface area contributed by atoms with Gasteiger partial charge in [-0.15, -0.1) is 0 Å². The number of nitrogens with zero attached hydrogens (tertiary/aromatic N) is 1. The highest BCUT2D eigenvalue weighted by Gasteiger charge is 2.52. The highest BCUT2D eigenvalue weighted by Crippen LogP contribution is 2.37. The van der Waals surface area contributed by atoms with Crippen LogP contribution in [0.5, 0.6) is 0 Å². The fraction of sp³-hybridized carbons (Fsp3) is 0.745. The smallest absolute Gasteiger partial charge is 0.311 e. The summed E-state index contributed by atoms with van der Waals surface area (Å²) in [7, 11) is 4.72. The third kappa shape index (κ3) is 14.6. The Morgan fingerprint density at radius 1 is 0.859 bits per heavy atom. The second-order valence-corrected chi connectivity index (χ2v) is 19.6. The predicted octanol–water partition coefficient (Wildman–Crippen LogP) is 7.07. The summed E-state index contributed by atoms with van der Waals surface area (Å²) in [5, 5.41) is 22.3. The number of aliphatic hydroxyl groups is 2. The molecule has 3 aliphatic heterocycles. The monoisotopic (exact) mass is 898 g/mol. The SMILES string of the molecule is CO[C@H]1C[C@@H]2CC[C@@H](C)[C@@](O)(O2)C(=O)C(=O)N2CCCC(C2)C(=O)O[C@H]([C@H](C)C[C@@H]2CC[C@@H](O)[C@H](OC)C2)CC(=O)[C@H](C)/C=C(\C)C[C@@H](OC)C(=O)[C@H](C)C[C@H](C)/C=C/C=C/C=C1C. The first-order valence-electron chi connectivity index (χ1n) is 23.8. The van der Waals surface area contributed by atoms with Crippen molar-refractivity contribution in [2.75, 3.05) is 34.4 Å². The topological polar surface area (TPSA) is 175 Å². The van der Waals surface area contributed by atoms with Crippen molar-refractivity contribution in [3.63, 3.8) is 0 Å². The minimum Gasteiger partial charge on any atom is -0.461 e. The number of cyclic esters (lactones) is 1. The van der Waals surface area contributed by atoms with Crippen LogP contribution in [0.1, 0.15) is 126 Å². The summed E-state index contributed by atoms with van der Waals surface area (Å²) >= 11 is 0. The van der Waals surface area contributed by atoms with Crippen LogP contribution in [0, 0.1) is 41.4 Å². The predicted molar refractivity (Wildman–Crippen MR) is 244 cm³/mol. The molecule has 0 radical (unpaired) electrons. The highest BCUT2D eigenvalue weighted by atomic mass is 16.6. The second kappa shape index (κ2) is 25.0. The van der Waals surface area contributed by atoms with Crippen molar-refractivity contribution < 1.29 is 57.9 Å². The van der Waals surface area contributed by atoms with Crippen molar-refractivity contribution in [3.8, 4) is 0 Å². The molecule has 1 aliphatic carbocycles. The van der Waals surface area contributed by atoms with Gasteiger partial charge in [-0.25, -0.2) is 0 Å². The number of esters is 1. The van der Waals surface area contributed by atoms with Gasteiger partial charge in [0, 0.05) is 71.4 Å². The van der Waals surface area contributed by atoms with Gasteiger partial charge in [-0.05, 0) is 95.0 Å². The van der Waals surface area contributed by atoms with Gasteiger partial charge in [0.2, 0.25) is 5.79 Å². The van der Waals surface area contributed by atoms with Crippen LogP contribution in [0.4, 0.5) is 0 Å². The molecular formula is C51H79NO12. The van der Waals surface area contributed by atoms with Crippen molar-refractivity contribution in [1.29, 1.82) is 0 Å². The summed E-state index contributed by atoms with van der Waals surface area (Å²) < 4.78 is 29.5. The zero-order chi connectivity index (χ0) is 47.3. The molecule has 13 heteroatoms. The number of hydrogen-bond acceptors (Lipinski definition) is 12. The number of ether oxygens (including phenoxy) is 5. The van der Waals surface area contributed by atoms with Gasteiger partial charge in [-0.2, -0.15) is 0 Å². The van der Waals surface area contributed by atoms with E-state index < -0.39 is 65.6 Å². The molecule has 4 bridgehead atoms. The Balaban J connectivity index is 1.63. The van der Waals surface area contributed by atoms with E-state index >= 15 is 0 Å². The van der Waals surface area contributed by atoms with E-state index in [1.54, 1.807) is 28.1 Å². The average Bonchev–Trinajstić information content (AvgIpc) is 3.27. The lowest BCUT2D eigenvalue weighted by Gasteiger charge is -2.42. The molecular weight excluding hydrogens is 819 g/mol. The summed E-state index contributed by atoms with van der Waals surface area (Å²) in [6.45, 7) is 13.4. The number of aliphatic hydroxyl groups excluding tert-OH is 1. The molecule has 0 aromatic heterocycles. The Bertz CT molecular complexity index is 1720. The second-order valence-electron chi connectivity index (χ2n) is 19.6. The Morgan fingerprint density at radius 3 is 2.27 bits per heavy atom. The molecule has 0 aromatic carbocycles. The highest BCUT2D eigenvalue weighted by molar-refractivity contribution is 6.38. The molecule has 0 spiro atoms. The molecule has 1 saturated carbocycles. The van der Waals surface area contributed by atoms with Crippen molar-refractivity contribution in [3.05, 3.63) is 47.6 Å². The standard InChI is InChI=1S/C51H79NO12/c1-31-15-12-11-13-16-33(3)43(60-8)28-40-20-18-37(7)51(59,64-40)48(56)49(57)52-22-14-17-39(30-52)50(58)63-44(35(5)26-38-19-21-41(53)45(27-38)61-9)29-42(54)34(4)24-32(2)25-46(62-10)47(55)36(6)23-31/h11-13,15-16,24,31,34-41,43-46,53,59H,14,17-23,25-30H2,1-10H3/b13-11+,15-12+,32-24+,33-16?/t31-,34-,35-,36-,37-,38+,39?,40+,41-,43+,44+,45-,46-,51-/m1/s1. The quantitative estimate of drug-likeness (QED) is 0.158. The summed E-state index contributed by atoms with van der Waals surface area (Å²) in [6.07, 6.45) is 14.2. The average molecular weight is 898 g/mol. The minimum atomic E-state index is -2.35. The molecule has 1 amide bonds. The number of fused-ring (bicyclic) bond motifs is 4. The molecule has 3 fully saturated rings. The minimum absolute atomic E-state index is 0.00257. The Labute approximate surface area is 382 Å². The van der Waals surface area contributed by atoms with Crippen LogP contribution in [-0.2, 0) is 47.7 Å². The van der Waals surface area contributed by atoms with Gasteiger partial charge in [0.1, 0.15) is 18.0 Å². The lowest BCUT2D eigenvalue weighted by Crippen LogP contribution is -2.59. The summed E-state index contributed by atoms with van der Waals surface area (Å²) in [6, 6.07) is 0. The summed E-state index contributed by atoms with van der Waals surface area (Å²) in [5.74, 6) is -7.12. The fourth-order valence-electron chi connectivity index (χ4n) is 10.1. The van der Waals surface area contributed by atoms with E-state index in [2.05, 4.69) is 13.0 Å². The number of carbonyl (C=O) groups is 5. The molecule has 14 atom stereocenters. The zero-order valence-electron chi connectivity index (χ0n) is 40.3. The van der Waals surface area contributed by atoms with Gasteiger partial charge in [0.05, 0.1) is 30.3 Å². The molecule has 4 aliphatic rings. The number of ketones is 3. The number of methoxy groups -OCH3 is 3. The summed E-state index contributed by atoms with van der Waals surface area (Å²) in [5.41, 5.74) is 1.75. The van der Waals surface area contributed by atoms with E-state index in [9.17, 15) is 34.2 Å². The first kappa shape index (κ1) is 53.3. The molecule has 2 N–H and O–H groups in total. The number of allylic oxidation sites excluding steroid dienone is 6. The van der Waals surface area contributed by atoms with E-state index in [0.29, 0.717) is 64.2 Å². The maximum atomic E-state index is 14.1. The molecule has 2 saturated heterocycles. The van der Waals surface area contributed by atoms with E-state index in [0.717, 1.165) is 17.6 Å². The van der Waals surface area contributed by atoms with Crippen molar-refractivity contribution in [2.24, 2.45) is 41.4 Å². The first-order chi connectivity index (χ1) is 30.3. The van der Waals surface area contributed by atoms with Gasteiger partial charge in [0.15, 0.2) is 5.78 Å². The fourth-order valence-corrected chi connectivity index (χ4v) is 10.1. The van der Waals surface area contributed by atoms with Crippen molar-refractivity contribution in [2.45, 2.75) is 168 Å². The molecule has 1 unspecified atom stereocenters. The van der Waals surface area contributed by atoms with Crippen LogP contribution in [0.25, 0.3) is 0 Å². The van der Waals surface area contributed by atoms with Gasteiger partial charge in [0.25, 0.3) is 11.7 Å². The maximum Gasteiger partial charge on any atom is 0.311 e. The number of Topliss-reactive ketones (excluding diaryl/α,β-unsaturated/α-hetero) is 3. The number of rotatable bonds is 6. The number of carbonyl (C=O) groups excluding carboxylic acids is 5. The van der Waals surface area contributed by atoms with Crippen molar-refractivity contribution >= 4 is 29.2 Å². The van der Waals surface area contributed by atoms with Crippen LogP contribution in [0.3, 0.4) is 0 Å². The summed E-state index contributed by atoms with van der Waals surface area (Å²) in [4.78, 5) is 71.0. The molecule has 3 heterocycles. The molecule has 360 valence electrons. The van der Waals surface area contributed by atoms with Crippen LogP contribution in [0.15, 0.2) is 47.6 Å².